The number of nitrogens with two attached hydrogens (primary N) is 1. The summed E-state index contributed by atoms with van der Waals surface area (Å²) in [5.74, 6) is -0.367. The third-order valence-electron chi connectivity index (χ3n) is 2.09. The second-order valence-corrected chi connectivity index (χ2v) is 5.93. The molecule has 0 aliphatic heterocycles. The molecule has 0 fully saturated rings. The van der Waals surface area contributed by atoms with E-state index in [2.05, 4.69) is 10.2 Å². The monoisotopic (exact) mass is 265 g/mol. The Labute approximate surface area is 107 Å². The number of thioether (sulfide) groups is 1. The van der Waals surface area contributed by atoms with Gasteiger partial charge in [0.1, 0.15) is 10.3 Å². The summed E-state index contributed by atoms with van der Waals surface area (Å²) in [7, 11) is 0. The quantitative estimate of drug-likeness (QED) is 0.860. The van der Waals surface area contributed by atoms with Gasteiger partial charge in [0.25, 0.3) is 0 Å². The van der Waals surface area contributed by atoms with Crippen LogP contribution in [0.3, 0.4) is 0 Å². The van der Waals surface area contributed by atoms with Crippen molar-refractivity contribution in [3.05, 3.63) is 40.9 Å². The zero-order chi connectivity index (χ0) is 12.3. The number of aromatic nitrogens is 2. The minimum absolute atomic E-state index is 0.367. The number of carbonyl (C=O) groups is 1. The summed E-state index contributed by atoms with van der Waals surface area (Å²) in [6.07, 6.45) is 0. The number of rotatable bonds is 4. The van der Waals surface area contributed by atoms with Crippen molar-refractivity contribution >= 4 is 29.0 Å². The Hall–Kier alpha value is -1.40. The minimum atomic E-state index is -0.413. The molecule has 1 unspecified atom stereocenters. The summed E-state index contributed by atoms with van der Waals surface area (Å²) in [4.78, 5) is 11.5. The number of hydrogen-bond acceptors (Lipinski definition) is 5. The molecule has 1 amide bonds. The van der Waals surface area contributed by atoms with Crippen LogP contribution >= 0.6 is 23.1 Å². The molecule has 1 heterocycles. The van der Waals surface area contributed by atoms with Crippen LogP contribution in [0.2, 0.25) is 0 Å². The fraction of sp³-hybridized carbons (Fsp3) is 0.182. The van der Waals surface area contributed by atoms with Gasteiger partial charge in [-0.1, -0.05) is 53.4 Å². The molecule has 1 atom stereocenters. The predicted octanol–water partition coefficient (Wildman–Crippen LogP) is 2.17. The molecule has 0 saturated carbocycles. The standard InChI is InChI=1S/C11H11N3OS2/c1-7-13-14-11(16-7)17-9(10(12)15)8-5-3-2-4-6-8/h2-6,9H,1H3,(H2,12,15). The number of hydrogen-bond donors (Lipinski definition) is 1. The topological polar surface area (TPSA) is 68.9 Å². The average molecular weight is 265 g/mol. The highest BCUT2D eigenvalue weighted by atomic mass is 32.2. The van der Waals surface area contributed by atoms with Gasteiger partial charge in [-0.2, -0.15) is 0 Å². The van der Waals surface area contributed by atoms with Crippen molar-refractivity contribution in [1.82, 2.24) is 10.2 Å². The summed E-state index contributed by atoms with van der Waals surface area (Å²) < 4.78 is 0.759. The maximum Gasteiger partial charge on any atom is 0.235 e. The first-order valence-electron chi connectivity index (χ1n) is 4.98. The Morgan fingerprint density at radius 2 is 2.06 bits per heavy atom. The smallest absolute Gasteiger partial charge is 0.235 e. The SMILES string of the molecule is Cc1nnc(SC(C(N)=O)c2ccccc2)s1. The fourth-order valence-corrected chi connectivity index (χ4v) is 3.30. The molecule has 4 nitrogen and oxygen atoms in total. The van der Waals surface area contributed by atoms with E-state index in [1.165, 1.54) is 23.1 Å². The van der Waals surface area contributed by atoms with Crippen molar-refractivity contribution < 1.29 is 4.79 Å². The van der Waals surface area contributed by atoms with Crippen molar-refractivity contribution in [2.75, 3.05) is 0 Å². The maximum atomic E-state index is 11.5. The molecule has 0 spiro atoms. The number of nitrogens with zero attached hydrogens (tertiary/aromatic N) is 2. The zero-order valence-corrected chi connectivity index (χ0v) is 10.8. The van der Waals surface area contributed by atoms with Gasteiger partial charge in [0, 0.05) is 0 Å². The molecular formula is C11H11N3OS2. The Morgan fingerprint density at radius 1 is 1.35 bits per heavy atom. The Bertz CT molecular complexity index is 512. The van der Waals surface area contributed by atoms with E-state index >= 15 is 0 Å². The number of amides is 1. The lowest BCUT2D eigenvalue weighted by Gasteiger charge is -2.10. The van der Waals surface area contributed by atoms with Crippen LogP contribution in [0.1, 0.15) is 15.8 Å². The highest BCUT2D eigenvalue weighted by molar-refractivity contribution is 8.01. The summed E-state index contributed by atoms with van der Waals surface area (Å²) >= 11 is 2.80. The van der Waals surface area contributed by atoms with E-state index in [1.54, 1.807) is 0 Å². The van der Waals surface area contributed by atoms with Gasteiger partial charge in [0.15, 0.2) is 4.34 Å². The fourth-order valence-electron chi connectivity index (χ4n) is 1.35. The van der Waals surface area contributed by atoms with Crippen molar-refractivity contribution in [2.45, 2.75) is 16.5 Å². The van der Waals surface area contributed by atoms with Gasteiger partial charge in [0.05, 0.1) is 0 Å². The minimum Gasteiger partial charge on any atom is -0.368 e. The summed E-state index contributed by atoms with van der Waals surface area (Å²) in [6.45, 7) is 1.88. The molecule has 0 radical (unpaired) electrons. The number of benzene rings is 1. The normalized spacial score (nSPS) is 12.3. The van der Waals surface area contributed by atoms with Crippen LogP contribution in [0.4, 0.5) is 0 Å². The molecule has 2 aromatic rings. The molecule has 0 saturated heterocycles. The predicted molar refractivity (Wildman–Crippen MR) is 68.9 cm³/mol. The number of carbonyl (C=O) groups excluding carboxylic acids is 1. The molecule has 88 valence electrons. The molecule has 0 aliphatic rings. The lowest BCUT2D eigenvalue weighted by atomic mass is 10.1. The van der Waals surface area contributed by atoms with Gasteiger partial charge >= 0.3 is 0 Å². The molecule has 17 heavy (non-hydrogen) atoms. The van der Waals surface area contributed by atoms with Gasteiger partial charge in [-0.3, -0.25) is 4.79 Å². The summed E-state index contributed by atoms with van der Waals surface area (Å²) in [5, 5.41) is 8.37. The molecular weight excluding hydrogens is 254 g/mol. The molecule has 2 N–H and O–H groups in total. The zero-order valence-electron chi connectivity index (χ0n) is 9.16. The van der Waals surface area contributed by atoms with Crippen LogP contribution in [0.15, 0.2) is 34.7 Å². The van der Waals surface area contributed by atoms with Crippen molar-refractivity contribution in [3.8, 4) is 0 Å². The Balaban J connectivity index is 2.22. The van der Waals surface area contributed by atoms with Gasteiger partial charge in [-0.15, -0.1) is 10.2 Å². The van der Waals surface area contributed by atoms with Crippen LogP contribution in [-0.2, 0) is 4.79 Å². The number of aryl methyl sites for hydroxylation is 1. The first kappa shape index (κ1) is 12.1. The second kappa shape index (κ2) is 5.29. The van der Waals surface area contributed by atoms with Crippen molar-refractivity contribution in [2.24, 2.45) is 5.73 Å². The second-order valence-electron chi connectivity index (χ2n) is 3.40. The Morgan fingerprint density at radius 3 is 2.59 bits per heavy atom. The molecule has 1 aromatic carbocycles. The summed E-state index contributed by atoms with van der Waals surface area (Å²) in [5.41, 5.74) is 6.31. The highest BCUT2D eigenvalue weighted by Crippen LogP contribution is 2.36. The van der Waals surface area contributed by atoms with Crippen LogP contribution in [0.5, 0.6) is 0 Å². The Kier molecular flexibility index (Phi) is 3.75. The van der Waals surface area contributed by atoms with Crippen LogP contribution in [0, 0.1) is 6.92 Å². The van der Waals surface area contributed by atoms with E-state index < -0.39 is 5.25 Å². The van der Waals surface area contributed by atoms with E-state index in [9.17, 15) is 4.79 Å². The summed E-state index contributed by atoms with van der Waals surface area (Å²) in [6, 6.07) is 9.45. The van der Waals surface area contributed by atoms with E-state index in [0.29, 0.717) is 0 Å². The molecule has 0 bridgehead atoms. The largest absolute Gasteiger partial charge is 0.368 e. The third kappa shape index (κ3) is 3.04. The van der Waals surface area contributed by atoms with E-state index in [4.69, 9.17) is 5.73 Å². The third-order valence-corrected chi connectivity index (χ3v) is 4.28. The highest BCUT2D eigenvalue weighted by Gasteiger charge is 2.20. The first-order chi connectivity index (χ1) is 8.16. The van der Waals surface area contributed by atoms with Gasteiger partial charge in [-0.05, 0) is 12.5 Å². The van der Waals surface area contributed by atoms with Gasteiger partial charge < -0.3 is 5.73 Å². The van der Waals surface area contributed by atoms with E-state index in [-0.39, 0.29) is 5.91 Å². The van der Waals surface area contributed by atoms with Crippen LogP contribution in [-0.4, -0.2) is 16.1 Å². The lowest BCUT2D eigenvalue weighted by Crippen LogP contribution is -2.18. The molecule has 6 heteroatoms. The van der Waals surface area contributed by atoms with Crippen LogP contribution in [0.25, 0.3) is 0 Å². The van der Waals surface area contributed by atoms with Gasteiger partial charge in [0.2, 0.25) is 5.91 Å². The van der Waals surface area contributed by atoms with Crippen LogP contribution < -0.4 is 5.73 Å². The number of primary amides is 1. The average Bonchev–Trinajstić information content (AvgIpc) is 2.73. The maximum absolute atomic E-state index is 11.5. The lowest BCUT2D eigenvalue weighted by molar-refractivity contribution is -0.117. The molecule has 0 aliphatic carbocycles. The van der Waals surface area contributed by atoms with E-state index in [0.717, 1.165) is 14.9 Å². The molecule has 1 aromatic heterocycles. The van der Waals surface area contributed by atoms with Gasteiger partial charge in [-0.25, -0.2) is 0 Å². The van der Waals surface area contributed by atoms with E-state index in [1.807, 2.05) is 37.3 Å². The molecule has 2 rings (SSSR count). The first-order valence-corrected chi connectivity index (χ1v) is 6.67. The van der Waals surface area contributed by atoms with Crippen molar-refractivity contribution in [1.29, 1.82) is 0 Å². The van der Waals surface area contributed by atoms with Crippen molar-refractivity contribution in [3.63, 3.8) is 0 Å².